The summed E-state index contributed by atoms with van der Waals surface area (Å²) in [6, 6.07) is 11.6. The Bertz CT molecular complexity index is 765. The fourth-order valence-electron chi connectivity index (χ4n) is 2.29. The number of benzene rings is 2. The summed E-state index contributed by atoms with van der Waals surface area (Å²) >= 11 is 5.76. The zero-order valence-corrected chi connectivity index (χ0v) is 14.6. The van der Waals surface area contributed by atoms with Gasteiger partial charge >= 0.3 is 0 Å². The molecule has 0 fully saturated rings. The van der Waals surface area contributed by atoms with E-state index in [9.17, 15) is 14.9 Å². The zero-order chi connectivity index (χ0) is 18.4. The third-order valence-corrected chi connectivity index (χ3v) is 3.69. The summed E-state index contributed by atoms with van der Waals surface area (Å²) in [5.41, 5.74) is 0.907. The molecule has 8 heteroatoms. The molecule has 2 rings (SSSR count). The van der Waals surface area contributed by atoms with Gasteiger partial charge < -0.3 is 10.1 Å². The third-order valence-electron chi connectivity index (χ3n) is 3.46. The highest BCUT2D eigenvalue weighted by Crippen LogP contribution is 2.27. The van der Waals surface area contributed by atoms with Gasteiger partial charge in [-0.25, -0.2) is 0 Å². The maximum absolute atomic E-state index is 12.1. The van der Waals surface area contributed by atoms with Gasteiger partial charge in [-0.2, -0.15) is 0 Å². The third kappa shape index (κ3) is 5.44. The van der Waals surface area contributed by atoms with Crippen LogP contribution in [0.2, 0.25) is 5.02 Å². The number of nitro benzene ring substituents is 1. The van der Waals surface area contributed by atoms with Crippen LogP contribution < -0.4 is 10.1 Å². The topological polar surface area (TPSA) is 84.7 Å². The van der Waals surface area contributed by atoms with Crippen LogP contribution in [0, 0.1) is 10.1 Å². The van der Waals surface area contributed by atoms with Crippen molar-refractivity contribution in [3.63, 3.8) is 0 Å². The standard InChI is InChI=1S/C17H18ClN3O4/c1-20(10-12-3-6-14(25-2)7-4-12)11-17(22)19-15-8-5-13(18)9-16(15)21(23)24/h3-9H,10-11H2,1-2H3,(H,19,22). The Balaban J connectivity index is 1.96. The van der Waals surface area contributed by atoms with Gasteiger partial charge in [0.2, 0.25) is 5.91 Å². The minimum atomic E-state index is -0.581. The Kier molecular flexibility index (Phi) is 6.32. The first-order valence-electron chi connectivity index (χ1n) is 7.44. The number of nitrogens with zero attached hydrogens (tertiary/aromatic N) is 2. The largest absolute Gasteiger partial charge is 0.497 e. The van der Waals surface area contributed by atoms with Crippen molar-refractivity contribution in [3.05, 3.63) is 63.2 Å². The Hall–Kier alpha value is -2.64. The number of carbonyl (C=O) groups excluding carboxylic acids is 1. The van der Waals surface area contributed by atoms with Crippen molar-refractivity contribution in [2.24, 2.45) is 0 Å². The molecule has 2 aromatic carbocycles. The van der Waals surface area contributed by atoms with Crippen molar-refractivity contribution in [2.45, 2.75) is 6.54 Å². The van der Waals surface area contributed by atoms with Crippen molar-refractivity contribution < 1.29 is 14.5 Å². The molecule has 0 aromatic heterocycles. The molecule has 25 heavy (non-hydrogen) atoms. The lowest BCUT2D eigenvalue weighted by Gasteiger charge is -2.16. The zero-order valence-electron chi connectivity index (χ0n) is 13.9. The normalized spacial score (nSPS) is 10.6. The van der Waals surface area contributed by atoms with Crippen LogP contribution in [0.3, 0.4) is 0 Å². The molecule has 2 aromatic rings. The summed E-state index contributed by atoms with van der Waals surface area (Å²) in [4.78, 5) is 24.4. The van der Waals surface area contributed by atoms with Crippen molar-refractivity contribution in [2.75, 3.05) is 26.0 Å². The lowest BCUT2D eigenvalue weighted by Crippen LogP contribution is -2.30. The predicted octanol–water partition coefficient (Wildman–Crippen LogP) is 3.33. The SMILES string of the molecule is COc1ccc(CN(C)CC(=O)Nc2ccc(Cl)cc2[N+](=O)[O-])cc1. The Morgan fingerprint density at radius 3 is 2.56 bits per heavy atom. The van der Waals surface area contributed by atoms with E-state index >= 15 is 0 Å². The number of anilines is 1. The summed E-state index contributed by atoms with van der Waals surface area (Å²) in [5.74, 6) is 0.417. The number of methoxy groups -OCH3 is 1. The van der Waals surface area contributed by atoms with E-state index in [1.807, 2.05) is 24.3 Å². The van der Waals surface area contributed by atoms with Crippen molar-refractivity contribution in [3.8, 4) is 5.75 Å². The van der Waals surface area contributed by atoms with Crippen LogP contribution in [0.15, 0.2) is 42.5 Å². The first-order chi connectivity index (χ1) is 11.9. The molecule has 132 valence electrons. The Labute approximate surface area is 150 Å². The van der Waals surface area contributed by atoms with Crippen LogP contribution >= 0.6 is 11.6 Å². The molecule has 0 aliphatic carbocycles. The highest BCUT2D eigenvalue weighted by molar-refractivity contribution is 6.31. The molecule has 0 unspecified atom stereocenters. The van der Waals surface area contributed by atoms with Crippen molar-refractivity contribution in [1.29, 1.82) is 0 Å². The van der Waals surface area contributed by atoms with Gasteiger partial charge in [0.25, 0.3) is 5.69 Å². The van der Waals surface area contributed by atoms with Crippen LogP contribution in [-0.2, 0) is 11.3 Å². The van der Waals surface area contributed by atoms with E-state index in [2.05, 4.69) is 5.32 Å². The smallest absolute Gasteiger partial charge is 0.294 e. The maximum atomic E-state index is 12.1. The van der Waals surface area contributed by atoms with Crippen molar-refractivity contribution >= 4 is 28.9 Å². The molecular weight excluding hydrogens is 346 g/mol. The molecule has 1 N–H and O–H groups in total. The number of nitrogens with one attached hydrogen (secondary N) is 1. The number of carbonyl (C=O) groups is 1. The number of hydrogen-bond acceptors (Lipinski definition) is 5. The van der Waals surface area contributed by atoms with Crippen molar-refractivity contribution in [1.82, 2.24) is 4.90 Å². The number of likely N-dealkylation sites (N-methyl/N-ethyl adjacent to an activating group) is 1. The minimum absolute atomic E-state index is 0.0891. The highest BCUT2D eigenvalue weighted by atomic mass is 35.5. The van der Waals surface area contributed by atoms with E-state index in [-0.39, 0.29) is 28.8 Å². The monoisotopic (exact) mass is 363 g/mol. The number of nitro groups is 1. The fourth-order valence-corrected chi connectivity index (χ4v) is 2.46. The lowest BCUT2D eigenvalue weighted by molar-refractivity contribution is -0.383. The number of hydrogen-bond donors (Lipinski definition) is 1. The molecule has 0 saturated heterocycles. The minimum Gasteiger partial charge on any atom is -0.497 e. The quantitative estimate of drug-likeness (QED) is 0.602. The average Bonchev–Trinajstić information content (AvgIpc) is 2.56. The van der Waals surface area contributed by atoms with Gasteiger partial charge in [-0.1, -0.05) is 23.7 Å². The average molecular weight is 364 g/mol. The molecule has 0 bridgehead atoms. The molecule has 0 aliphatic rings. The maximum Gasteiger partial charge on any atom is 0.294 e. The summed E-state index contributed by atoms with van der Waals surface area (Å²) in [6.45, 7) is 0.645. The molecule has 1 amide bonds. The number of amides is 1. The molecule has 0 heterocycles. The summed E-state index contributed by atoms with van der Waals surface area (Å²) in [7, 11) is 3.39. The molecule has 0 aliphatic heterocycles. The summed E-state index contributed by atoms with van der Waals surface area (Å²) in [5, 5.41) is 13.8. The molecule has 0 spiro atoms. The Morgan fingerprint density at radius 2 is 1.96 bits per heavy atom. The number of halogens is 1. The number of ether oxygens (including phenoxy) is 1. The lowest BCUT2D eigenvalue weighted by atomic mass is 10.2. The molecule has 0 saturated carbocycles. The van der Waals surface area contributed by atoms with Crippen LogP contribution in [0.5, 0.6) is 5.75 Å². The van der Waals surface area contributed by atoms with Gasteiger partial charge in [-0.05, 0) is 36.9 Å². The van der Waals surface area contributed by atoms with E-state index in [4.69, 9.17) is 16.3 Å². The van der Waals surface area contributed by atoms with Gasteiger partial charge in [-0.3, -0.25) is 19.8 Å². The Morgan fingerprint density at radius 1 is 1.28 bits per heavy atom. The van der Waals surface area contributed by atoms with Crippen LogP contribution in [-0.4, -0.2) is 36.4 Å². The van der Waals surface area contributed by atoms with E-state index in [1.165, 1.54) is 18.2 Å². The number of rotatable bonds is 7. The predicted molar refractivity (Wildman–Crippen MR) is 96.1 cm³/mol. The second-order valence-electron chi connectivity index (χ2n) is 5.49. The molecule has 0 atom stereocenters. The van der Waals surface area contributed by atoms with E-state index in [0.717, 1.165) is 11.3 Å². The molecule has 7 nitrogen and oxygen atoms in total. The van der Waals surface area contributed by atoms with Crippen LogP contribution in [0.4, 0.5) is 11.4 Å². The summed E-state index contributed by atoms with van der Waals surface area (Å²) < 4.78 is 5.10. The van der Waals surface area contributed by atoms with Gasteiger partial charge in [0.05, 0.1) is 18.6 Å². The first-order valence-corrected chi connectivity index (χ1v) is 7.82. The van der Waals surface area contributed by atoms with E-state index < -0.39 is 4.92 Å². The summed E-state index contributed by atoms with van der Waals surface area (Å²) in [6.07, 6.45) is 0. The molecule has 0 radical (unpaired) electrons. The van der Waals surface area contributed by atoms with Gasteiger partial charge in [-0.15, -0.1) is 0 Å². The van der Waals surface area contributed by atoms with Gasteiger partial charge in [0.1, 0.15) is 11.4 Å². The fraction of sp³-hybridized carbons (Fsp3) is 0.235. The van der Waals surface area contributed by atoms with E-state index in [0.29, 0.717) is 6.54 Å². The van der Waals surface area contributed by atoms with Gasteiger partial charge in [0.15, 0.2) is 0 Å². The van der Waals surface area contributed by atoms with Crippen LogP contribution in [0.1, 0.15) is 5.56 Å². The highest BCUT2D eigenvalue weighted by Gasteiger charge is 2.17. The van der Waals surface area contributed by atoms with Gasteiger partial charge in [0, 0.05) is 17.6 Å². The van der Waals surface area contributed by atoms with Crippen LogP contribution in [0.25, 0.3) is 0 Å². The molecular formula is C17H18ClN3O4. The van der Waals surface area contributed by atoms with E-state index in [1.54, 1.807) is 19.1 Å². The second kappa shape index (κ2) is 8.46. The second-order valence-corrected chi connectivity index (χ2v) is 5.92. The first kappa shape index (κ1) is 18.7.